The van der Waals surface area contributed by atoms with Crippen molar-refractivity contribution in [1.29, 1.82) is 0 Å². The number of allylic oxidation sites excluding steroid dienone is 1. The first-order valence-corrected chi connectivity index (χ1v) is 14.6. The Morgan fingerprint density at radius 1 is 0.590 bits per heavy atom. The molecule has 0 saturated carbocycles. The summed E-state index contributed by atoms with van der Waals surface area (Å²) in [6.07, 6.45) is 5.62. The lowest BCUT2D eigenvalue weighted by Crippen LogP contribution is -2.03. The van der Waals surface area contributed by atoms with E-state index < -0.39 is 0 Å². The van der Waals surface area contributed by atoms with Crippen molar-refractivity contribution in [3.63, 3.8) is 0 Å². The third-order valence-corrected chi connectivity index (χ3v) is 9.89. The molecule has 39 heavy (non-hydrogen) atoms. The van der Waals surface area contributed by atoms with Crippen LogP contribution in [0, 0.1) is 0 Å². The molecule has 5 aromatic carbocycles. The Balaban J connectivity index is 1.19. The molecule has 0 atom stereocenters. The SMILES string of the molecule is C1=C(n2c3ccccc3c3ccccc32)CCc2c1sc1cc(-c3cccc4c3-c3ccccc3C4)ccc21. The van der Waals surface area contributed by atoms with E-state index in [1.165, 1.54) is 81.4 Å². The predicted octanol–water partition coefficient (Wildman–Crippen LogP) is 10.2. The van der Waals surface area contributed by atoms with E-state index in [1.54, 1.807) is 0 Å². The van der Waals surface area contributed by atoms with E-state index in [4.69, 9.17) is 0 Å². The van der Waals surface area contributed by atoms with Crippen molar-refractivity contribution in [3.8, 4) is 22.3 Å². The van der Waals surface area contributed by atoms with Crippen molar-refractivity contribution >= 4 is 55.0 Å². The van der Waals surface area contributed by atoms with Gasteiger partial charge < -0.3 is 4.57 Å². The average molecular weight is 516 g/mol. The Bertz CT molecular complexity index is 2100. The summed E-state index contributed by atoms with van der Waals surface area (Å²) in [6.45, 7) is 0. The van der Waals surface area contributed by atoms with E-state index in [1.807, 2.05) is 11.3 Å². The highest BCUT2D eigenvalue weighted by Crippen LogP contribution is 2.46. The molecule has 184 valence electrons. The number of thiophene rings is 1. The van der Waals surface area contributed by atoms with E-state index >= 15 is 0 Å². The van der Waals surface area contributed by atoms with Crippen molar-refractivity contribution in [2.75, 3.05) is 0 Å². The summed E-state index contributed by atoms with van der Waals surface area (Å²) >= 11 is 1.95. The summed E-state index contributed by atoms with van der Waals surface area (Å²) in [7, 11) is 0. The number of hydrogen-bond acceptors (Lipinski definition) is 1. The van der Waals surface area contributed by atoms with Crippen molar-refractivity contribution in [2.45, 2.75) is 19.3 Å². The van der Waals surface area contributed by atoms with Crippen LogP contribution in [0.4, 0.5) is 0 Å². The maximum absolute atomic E-state index is 2.49. The average Bonchev–Trinajstić information content (AvgIpc) is 3.65. The fraction of sp³-hybridized carbons (Fsp3) is 0.0811. The first-order chi connectivity index (χ1) is 19.3. The lowest BCUT2D eigenvalue weighted by molar-refractivity contribution is 0.961. The van der Waals surface area contributed by atoms with Gasteiger partial charge in [0.2, 0.25) is 0 Å². The Morgan fingerprint density at radius 2 is 1.31 bits per heavy atom. The van der Waals surface area contributed by atoms with Gasteiger partial charge in [-0.05, 0) is 87.9 Å². The molecule has 2 aromatic heterocycles. The van der Waals surface area contributed by atoms with Gasteiger partial charge in [0.05, 0.1) is 11.0 Å². The minimum atomic E-state index is 1.03. The quantitative estimate of drug-likeness (QED) is 0.216. The zero-order valence-corrected chi connectivity index (χ0v) is 22.3. The van der Waals surface area contributed by atoms with E-state index in [0.717, 1.165) is 19.3 Å². The van der Waals surface area contributed by atoms with Gasteiger partial charge in [-0.15, -0.1) is 11.3 Å². The van der Waals surface area contributed by atoms with Crippen molar-refractivity contribution in [3.05, 3.63) is 131 Å². The fourth-order valence-corrected chi connectivity index (χ4v) is 8.28. The predicted molar refractivity (Wildman–Crippen MR) is 167 cm³/mol. The molecule has 0 amide bonds. The van der Waals surface area contributed by atoms with E-state index in [0.29, 0.717) is 0 Å². The second-order valence-electron chi connectivity index (χ2n) is 10.8. The summed E-state index contributed by atoms with van der Waals surface area (Å²) in [5.74, 6) is 0. The number of aromatic nitrogens is 1. The maximum atomic E-state index is 2.49. The van der Waals surface area contributed by atoms with Crippen LogP contribution in [-0.2, 0) is 12.8 Å². The molecule has 7 aromatic rings. The molecule has 0 fully saturated rings. The lowest BCUT2D eigenvalue weighted by Gasteiger charge is -2.17. The number of benzene rings is 5. The number of rotatable bonds is 2. The van der Waals surface area contributed by atoms with Crippen LogP contribution in [-0.4, -0.2) is 4.57 Å². The Hall–Kier alpha value is -4.40. The number of hydrogen-bond donors (Lipinski definition) is 0. The second kappa shape index (κ2) is 8.05. The van der Waals surface area contributed by atoms with Crippen molar-refractivity contribution in [2.24, 2.45) is 0 Å². The first-order valence-electron chi connectivity index (χ1n) is 13.8. The second-order valence-corrected chi connectivity index (χ2v) is 11.9. The number of fused-ring (bicyclic) bond motifs is 9. The monoisotopic (exact) mass is 515 g/mol. The van der Waals surface area contributed by atoms with Crippen molar-refractivity contribution < 1.29 is 0 Å². The molecule has 2 heterocycles. The Kier molecular flexibility index (Phi) is 4.44. The van der Waals surface area contributed by atoms with Crippen LogP contribution >= 0.6 is 11.3 Å². The molecule has 0 radical (unpaired) electrons. The standard InChI is InChI=1S/C37H25NS/c1-2-10-27-23(8-1)20-25-9-7-13-28(37(25)27)24-16-18-31-32-19-17-26(22-36(32)39-35(31)21-24)38-33-14-5-3-11-29(33)30-12-4-6-15-34(30)38/h1-16,18,21-22H,17,19-20H2. The van der Waals surface area contributed by atoms with Gasteiger partial charge in [0.15, 0.2) is 0 Å². The van der Waals surface area contributed by atoms with Crippen LogP contribution in [0.5, 0.6) is 0 Å². The lowest BCUT2D eigenvalue weighted by atomic mass is 9.93. The molecule has 0 aliphatic heterocycles. The molecular weight excluding hydrogens is 490 g/mol. The van der Waals surface area contributed by atoms with Gasteiger partial charge in [-0.3, -0.25) is 0 Å². The van der Waals surface area contributed by atoms with Gasteiger partial charge in [0, 0.05) is 26.0 Å². The Morgan fingerprint density at radius 3 is 2.15 bits per heavy atom. The topological polar surface area (TPSA) is 4.93 Å². The van der Waals surface area contributed by atoms with E-state index in [9.17, 15) is 0 Å². The minimum Gasteiger partial charge on any atom is -0.313 e. The van der Waals surface area contributed by atoms with Crippen LogP contribution in [0.2, 0.25) is 0 Å². The smallest absolute Gasteiger partial charge is 0.0537 e. The number of nitrogens with zero attached hydrogens (tertiary/aromatic N) is 1. The summed E-state index contributed by atoms with van der Waals surface area (Å²) < 4.78 is 3.88. The maximum Gasteiger partial charge on any atom is 0.0537 e. The van der Waals surface area contributed by atoms with E-state index in [2.05, 4.69) is 120 Å². The highest BCUT2D eigenvalue weighted by molar-refractivity contribution is 7.20. The minimum absolute atomic E-state index is 1.03. The van der Waals surface area contributed by atoms with Crippen LogP contribution in [0.25, 0.3) is 65.9 Å². The summed E-state index contributed by atoms with van der Waals surface area (Å²) in [6, 6.07) is 40.5. The van der Waals surface area contributed by atoms with Crippen molar-refractivity contribution in [1.82, 2.24) is 4.57 Å². The highest BCUT2D eigenvalue weighted by Gasteiger charge is 2.23. The third kappa shape index (κ3) is 3.07. The molecule has 0 spiro atoms. The third-order valence-electron chi connectivity index (χ3n) is 8.75. The zero-order chi connectivity index (χ0) is 25.5. The molecule has 1 nitrogen and oxygen atoms in total. The molecule has 0 saturated heterocycles. The fourth-order valence-electron chi connectivity index (χ4n) is 7.03. The van der Waals surface area contributed by atoms with Gasteiger partial charge in [-0.25, -0.2) is 0 Å². The van der Waals surface area contributed by atoms with Crippen LogP contribution in [0.15, 0.2) is 109 Å². The van der Waals surface area contributed by atoms with Crippen LogP contribution < -0.4 is 0 Å². The number of para-hydroxylation sites is 2. The van der Waals surface area contributed by atoms with Gasteiger partial charge in [-0.1, -0.05) is 91.0 Å². The van der Waals surface area contributed by atoms with Crippen LogP contribution in [0.1, 0.15) is 28.0 Å². The molecule has 2 aliphatic carbocycles. The first kappa shape index (κ1) is 21.5. The molecule has 0 unspecified atom stereocenters. The molecule has 2 heteroatoms. The van der Waals surface area contributed by atoms with E-state index in [-0.39, 0.29) is 0 Å². The highest BCUT2D eigenvalue weighted by atomic mass is 32.1. The zero-order valence-electron chi connectivity index (χ0n) is 21.4. The molecule has 2 aliphatic rings. The van der Waals surface area contributed by atoms with Gasteiger partial charge >= 0.3 is 0 Å². The normalized spacial score (nSPS) is 14.0. The van der Waals surface area contributed by atoms with Gasteiger partial charge in [0.1, 0.15) is 0 Å². The molecular formula is C37H25NS. The van der Waals surface area contributed by atoms with Gasteiger partial charge in [-0.2, -0.15) is 0 Å². The Labute approximate surface area is 231 Å². The molecule has 9 rings (SSSR count). The largest absolute Gasteiger partial charge is 0.313 e. The molecule has 0 N–H and O–H groups in total. The molecule has 0 bridgehead atoms. The van der Waals surface area contributed by atoms with Gasteiger partial charge in [0.25, 0.3) is 0 Å². The summed E-state index contributed by atoms with van der Waals surface area (Å²) in [5, 5.41) is 4.08. The van der Waals surface area contributed by atoms with Crippen LogP contribution in [0.3, 0.4) is 0 Å². The number of aryl methyl sites for hydroxylation is 1. The summed E-state index contributed by atoms with van der Waals surface area (Å²) in [4.78, 5) is 1.41. The summed E-state index contributed by atoms with van der Waals surface area (Å²) in [5.41, 5.74) is 13.9.